The zero-order valence-electron chi connectivity index (χ0n) is 15.9. The second kappa shape index (κ2) is 8.97. The number of ether oxygens (including phenoxy) is 2. The molecule has 1 N–H and O–H groups in total. The topological polar surface area (TPSA) is 90.4 Å². The number of methoxy groups -OCH3 is 2. The average molecular weight is 417 g/mol. The first-order valence-corrected chi connectivity index (χ1v) is 10.2. The van der Waals surface area contributed by atoms with Crippen LogP contribution in [0.4, 0.5) is 4.39 Å². The fourth-order valence-corrected chi connectivity index (χ4v) is 3.81. The van der Waals surface area contributed by atoms with Crippen molar-refractivity contribution in [2.24, 2.45) is 0 Å². The molecule has 0 saturated carbocycles. The highest BCUT2D eigenvalue weighted by molar-refractivity contribution is 7.89. The van der Waals surface area contributed by atoms with Gasteiger partial charge in [-0.2, -0.15) is 9.97 Å². The van der Waals surface area contributed by atoms with E-state index in [0.29, 0.717) is 5.56 Å². The van der Waals surface area contributed by atoms with Crippen molar-refractivity contribution in [2.75, 3.05) is 20.8 Å². The van der Waals surface area contributed by atoms with Crippen LogP contribution in [0.1, 0.15) is 17.3 Å². The molecule has 0 radical (unpaired) electrons. The monoisotopic (exact) mass is 417 g/mol. The quantitative estimate of drug-likeness (QED) is 0.606. The summed E-state index contributed by atoms with van der Waals surface area (Å²) in [6.07, 6.45) is 0. The van der Waals surface area contributed by atoms with E-state index in [0.717, 1.165) is 0 Å². The van der Waals surface area contributed by atoms with E-state index in [1.807, 2.05) is 0 Å². The molecule has 9 heteroatoms. The predicted octanol–water partition coefficient (Wildman–Crippen LogP) is 2.74. The number of nitrogens with zero attached hydrogens (tertiary/aromatic N) is 2. The molecule has 29 heavy (non-hydrogen) atoms. The Balaban J connectivity index is 1.99. The molecule has 3 rings (SSSR count). The molecule has 7 nitrogen and oxygen atoms in total. The van der Waals surface area contributed by atoms with Gasteiger partial charge >= 0.3 is 0 Å². The molecule has 0 amide bonds. The first-order chi connectivity index (χ1) is 13.9. The molecule has 0 aliphatic heterocycles. The molecule has 1 atom stereocenters. The maximum Gasteiger partial charge on any atom is 0.240 e. The van der Waals surface area contributed by atoms with Crippen LogP contribution >= 0.6 is 0 Å². The maximum absolute atomic E-state index is 13.8. The van der Waals surface area contributed by atoms with Crippen molar-refractivity contribution < 1.29 is 22.3 Å². The molecule has 152 valence electrons. The van der Waals surface area contributed by atoms with Gasteiger partial charge in [-0.1, -0.05) is 30.3 Å². The number of halogens is 1. The molecule has 0 aliphatic carbocycles. The second-order valence-corrected chi connectivity index (χ2v) is 7.85. The smallest absolute Gasteiger partial charge is 0.240 e. The van der Waals surface area contributed by atoms with Gasteiger partial charge in [0.25, 0.3) is 0 Å². The molecule has 0 fully saturated rings. The van der Waals surface area contributed by atoms with Gasteiger partial charge in [-0.05, 0) is 29.8 Å². The molecule has 0 unspecified atom stereocenters. The fraction of sp³-hybridized carbons (Fsp3) is 0.200. The van der Waals surface area contributed by atoms with Crippen molar-refractivity contribution in [3.8, 4) is 11.8 Å². The lowest BCUT2D eigenvalue weighted by molar-refractivity contribution is 0.366. The third-order valence-electron chi connectivity index (χ3n) is 4.21. The summed E-state index contributed by atoms with van der Waals surface area (Å²) in [6, 6.07) is 15.3. The van der Waals surface area contributed by atoms with Crippen LogP contribution in [0.3, 0.4) is 0 Å². The van der Waals surface area contributed by atoms with Crippen molar-refractivity contribution >= 4 is 10.0 Å². The van der Waals surface area contributed by atoms with Crippen molar-refractivity contribution in [3.63, 3.8) is 0 Å². The lowest BCUT2D eigenvalue weighted by atomic mass is 9.98. The third kappa shape index (κ3) is 5.07. The van der Waals surface area contributed by atoms with Crippen molar-refractivity contribution in [1.29, 1.82) is 0 Å². The van der Waals surface area contributed by atoms with Crippen LogP contribution in [-0.2, 0) is 10.0 Å². The Morgan fingerprint density at radius 2 is 1.62 bits per heavy atom. The number of hydrogen-bond donors (Lipinski definition) is 1. The standard InChI is InChI=1S/C20H20FN3O4S/c1-27-18-12-19(28-2)24-20(23-18)17(14-7-6-8-15(21)11-14)13-22-29(25,26)16-9-4-3-5-10-16/h3-12,17,22H,13H2,1-2H3/t17-/m0/s1. The Labute approximate surface area is 168 Å². The van der Waals surface area contributed by atoms with Crippen LogP contribution in [0, 0.1) is 5.82 Å². The average Bonchev–Trinajstić information content (AvgIpc) is 2.74. The van der Waals surface area contributed by atoms with Crippen LogP contribution in [-0.4, -0.2) is 39.2 Å². The van der Waals surface area contributed by atoms with E-state index in [1.165, 1.54) is 44.6 Å². The molecule has 0 aliphatic rings. The van der Waals surface area contributed by atoms with Gasteiger partial charge in [-0.3, -0.25) is 0 Å². The minimum absolute atomic E-state index is 0.0863. The summed E-state index contributed by atoms with van der Waals surface area (Å²) in [4.78, 5) is 8.75. The first-order valence-electron chi connectivity index (χ1n) is 8.70. The van der Waals surface area contributed by atoms with Gasteiger partial charge in [0.05, 0.1) is 31.1 Å². The summed E-state index contributed by atoms with van der Waals surface area (Å²) in [6.45, 7) is -0.0863. The SMILES string of the molecule is COc1cc(OC)nc([C@@H](CNS(=O)(=O)c2ccccc2)c2cccc(F)c2)n1. The van der Waals surface area contributed by atoms with E-state index in [4.69, 9.17) is 9.47 Å². The molecular weight excluding hydrogens is 397 g/mol. The van der Waals surface area contributed by atoms with Gasteiger partial charge in [-0.25, -0.2) is 17.5 Å². The fourth-order valence-electron chi connectivity index (χ4n) is 2.74. The van der Waals surface area contributed by atoms with Crippen molar-refractivity contribution in [3.05, 3.63) is 77.9 Å². The van der Waals surface area contributed by atoms with E-state index < -0.39 is 21.8 Å². The molecule has 2 aromatic carbocycles. The zero-order valence-corrected chi connectivity index (χ0v) is 16.7. The Hall–Kier alpha value is -3.04. The number of nitrogens with one attached hydrogen (secondary N) is 1. The minimum Gasteiger partial charge on any atom is -0.481 e. The highest BCUT2D eigenvalue weighted by Crippen LogP contribution is 2.26. The van der Waals surface area contributed by atoms with Gasteiger partial charge in [0.2, 0.25) is 21.8 Å². The van der Waals surface area contributed by atoms with E-state index in [2.05, 4.69) is 14.7 Å². The largest absolute Gasteiger partial charge is 0.481 e. The second-order valence-electron chi connectivity index (χ2n) is 6.08. The van der Waals surface area contributed by atoms with E-state index in [1.54, 1.807) is 30.3 Å². The van der Waals surface area contributed by atoms with Gasteiger partial charge in [0.1, 0.15) is 11.6 Å². The Morgan fingerprint density at radius 3 is 2.21 bits per heavy atom. The first kappa shape index (κ1) is 20.7. The van der Waals surface area contributed by atoms with Gasteiger partial charge < -0.3 is 9.47 Å². The normalized spacial score (nSPS) is 12.4. The minimum atomic E-state index is -3.77. The van der Waals surface area contributed by atoms with Crippen LogP contribution in [0.5, 0.6) is 11.8 Å². The maximum atomic E-state index is 13.8. The van der Waals surface area contributed by atoms with Crippen LogP contribution in [0.25, 0.3) is 0 Å². The van der Waals surface area contributed by atoms with Gasteiger partial charge in [0.15, 0.2) is 0 Å². The molecule has 1 heterocycles. The lowest BCUT2D eigenvalue weighted by Gasteiger charge is -2.18. The summed E-state index contributed by atoms with van der Waals surface area (Å²) < 4.78 is 52.0. The molecule has 0 spiro atoms. The molecule has 0 saturated heterocycles. The van der Waals surface area contributed by atoms with Crippen molar-refractivity contribution in [1.82, 2.24) is 14.7 Å². The van der Waals surface area contributed by atoms with E-state index in [9.17, 15) is 12.8 Å². The number of benzene rings is 2. The summed E-state index contributed by atoms with van der Waals surface area (Å²) in [7, 11) is -0.884. The predicted molar refractivity (Wildman–Crippen MR) is 105 cm³/mol. The Morgan fingerprint density at radius 1 is 0.966 bits per heavy atom. The van der Waals surface area contributed by atoms with Crippen molar-refractivity contribution in [2.45, 2.75) is 10.8 Å². The van der Waals surface area contributed by atoms with Gasteiger partial charge in [0, 0.05) is 6.54 Å². The van der Waals surface area contributed by atoms with Gasteiger partial charge in [-0.15, -0.1) is 0 Å². The Bertz CT molecular complexity index is 1060. The summed E-state index contributed by atoms with van der Waals surface area (Å²) in [5, 5.41) is 0. The molecule has 0 bridgehead atoms. The number of sulfonamides is 1. The summed E-state index contributed by atoms with van der Waals surface area (Å²) in [5.74, 6) is -0.387. The molecule has 1 aromatic heterocycles. The lowest BCUT2D eigenvalue weighted by Crippen LogP contribution is -2.30. The highest BCUT2D eigenvalue weighted by Gasteiger charge is 2.23. The van der Waals surface area contributed by atoms with E-state index >= 15 is 0 Å². The van der Waals surface area contributed by atoms with E-state index in [-0.39, 0.29) is 29.0 Å². The Kier molecular flexibility index (Phi) is 6.40. The number of rotatable bonds is 8. The number of aromatic nitrogens is 2. The third-order valence-corrected chi connectivity index (χ3v) is 5.65. The highest BCUT2D eigenvalue weighted by atomic mass is 32.2. The van der Waals surface area contributed by atoms with Crippen LogP contribution in [0.2, 0.25) is 0 Å². The summed E-state index contributed by atoms with van der Waals surface area (Å²) in [5.41, 5.74) is 0.510. The molecular formula is C20H20FN3O4S. The van der Waals surface area contributed by atoms with Crippen LogP contribution in [0.15, 0.2) is 65.6 Å². The van der Waals surface area contributed by atoms with Crippen LogP contribution < -0.4 is 14.2 Å². The zero-order chi connectivity index (χ0) is 20.9. The summed E-state index contributed by atoms with van der Waals surface area (Å²) >= 11 is 0. The number of hydrogen-bond acceptors (Lipinski definition) is 6. The molecule has 3 aromatic rings.